The van der Waals surface area contributed by atoms with Gasteiger partial charge in [-0.2, -0.15) is 0 Å². The molecule has 0 spiro atoms. The summed E-state index contributed by atoms with van der Waals surface area (Å²) < 4.78 is 48.0. The van der Waals surface area contributed by atoms with Crippen molar-refractivity contribution in [2.75, 3.05) is 24.3 Å². The van der Waals surface area contributed by atoms with Crippen LogP contribution in [0.5, 0.6) is 0 Å². The van der Waals surface area contributed by atoms with Gasteiger partial charge in [-0.25, -0.2) is 13.6 Å². The first-order valence-electron chi connectivity index (χ1n) is 8.48. The van der Waals surface area contributed by atoms with E-state index in [0.717, 1.165) is 0 Å². The zero-order valence-electron chi connectivity index (χ0n) is 15.9. The Morgan fingerprint density at radius 2 is 1.67 bits per heavy atom. The number of fused-ring (bicyclic) bond motifs is 1. The Labute approximate surface area is 159 Å². The fourth-order valence-electron chi connectivity index (χ4n) is 2.81. The second-order valence-corrected chi connectivity index (χ2v) is 10.6. The Morgan fingerprint density at radius 3 is 2.19 bits per heavy atom. The first kappa shape index (κ1) is 21.7. The lowest BCUT2D eigenvalue weighted by Crippen LogP contribution is -2.33. The van der Waals surface area contributed by atoms with Gasteiger partial charge in [0.05, 0.1) is 29.5 Å². The average molecular weight is 415 g/mol. The third-order valence-electron chi connectivity index (χ3n) is 4.07. The monoisotopic (exact) mass is 415 g/mol. The van der Waals surface area contributed by atoms with E-state index in [1.807, 2.05) is 0 Å². The smallest absolute Gasteiger partial charge is 0.355 e. The molecule has 5 N–H and O–H groups in total. The van der Waals surface area contributed by atoms with Gasteiger partial charge < -0.3 is 20.1 Å². The summed E-state index contributed by atoms with van der Waals surface area (Å²) >= 11 is 0. The van der Waals surface area contributed by atoms with Crippen molar-refractivity contribution in [1.29, 1.82) is 0 Å². The van der Waals surface area contributed by atoms with Gasteiger partial charge in [0.2, 0.25) is 10.0 Å². The summed E-state index contributed by atoms with van der Waals surface area (Å²) in [5.74, 6) is 0. The zero-order chi connectivity index (χ0) is 20.5. The van der Waals surface area contributed by atoms with E-state index >= 15 is 0 Å². The maximum absolute atomic E-state index is 13.2. The Bertz CT molecular complexity index is 981. The number of nitrogens with one attached hydrogen (secondary N) is 1. The summed E-state index contributed by atoms with van der Waals surface area (Å²) in [5, 5.41) is 8.29. The van der Waals surface area contributed by atoms with E-state index in [1.165, 1.54) is 6.07 Å². The van der Waals surface area contributed by atoms with E-state index in [0.29, 0.717) is 22.1 Å². The van der Waals surface area contributed by atoms with Crippen LogP contribution < -0.4 is 16.2 Å². The van der Waals surface area contributed by atoms with E-state index in [1.54, 1.807) is 52.0 Å². The minimum Gasteiger partial charge on any atom is -0.397 e. The van der Waals surface area contributed by atoms with Gasteiger partial charge in [0.1, 0.15) is 5.28 Å². The van der Waals surface area contributed by atoms with E-state index in [4.69, 9.17) is 19.9 Å². The van der Waals surface area contributed by atoms with Crippen molar-refractivity contribution < 1.29 is 22.0 Å². The molecule has 0 aliphatic heterocycles. The van der Waals surface area contributed by atoms with Gasteiger partial charge in [0.25, 0.3) is 0 Å². The Kier molecular flexibility index (Phi) is 6.23. The number of hydrogen-bond donors (Lipinski definition) is 3. The number of hydrogen-bond acceptors (Lipinski definition) is 7. The fourth-order valence-corrected chi connectivity index (χ4v) is 5.21. The molecule has 0 unspecified atom stereocenters. The predicted molar refractivity (Wildman–Crippen MR) is 108 cm³/mol. The van der Waals surface area contributed by atoms with Crippen LogP contribution in [-0.2, 0) is 23.6 Å². The van der Waals surface area contributed by atoms with Crippen LogP contribution in [0.3, 0.4) is 0 Å². The standard InChI is InChI=1S/C17H26N3O5PS/c1-5-24-26(21,25-6-2)17(3,4)20-16-13-8-7-9-15(27(19,22)23)12(13)10-11-14(16)18/h7-11,20H,5-6,18H2,1-4H3,(H2,19,22,23). The van der Waals surface area contributed by atoms with E-state index in [9.17, 15) is 13.0 Å². The van der Waals surface area contributed by atoms with Crippen LogP contribution in [0.4, 0.5) is 11.4 Å². The highest BCUT2D eigenvalue weighted by Crippen LogP contribution is 2.60. The van der Waals surface area contributed by atoms with Crippen molar-refractivity contribution in [3.05, 3.63) is 30.3 Å². The summed E-state index contributed by atoms with van der Waals surface area (Å²) in [6.07, 6.45) is 0. The molecule has 0 aliphatic carbocycles. The average Bonchev–Trinajstić information content (AvgIpc) is 2.56. The molecule has 2 rings (SSSR count). The van der Waals surface area contributed by atoms with Gasteiger partial charge in [-0.15, -0.1) is 0 Å². The lowest BCUT2D eigenvalue weighted by Gasteiger charge is -2.35. The van der Waals surface area contributed by atoms with Gasteiger partial charge in [-0.05, 0) is 39.8 Å². The van der Waals surface area contributed by atoms with Crippen molar-refractivity contribution in [1.82, 2.24) is 0 Å². The van der Waals surface area contributed by atoms with Gasteiger partial charge >= 0.3 is 7.60 Å². The minimum atomic E-state index is -3.92. The molecule has 0 aliphatic rings. The van der Waals surface area contributed by atoms with Crippen LogP contribution in [0, 0.1) is 0 Å². The molecule has 2 aromatic rings. The number of primary sulfonamides is 1. The van der Waals surface area contributed by atoms with E-state index in [2.05, 4.69) is 5.32 Å². The molecule has 0 bridgehead atoms. The number of benzene rings is 2. The van der Waals surface area contributed by atoms with Crippen molar-refractivity contribution in [3.63, 3.8) is 0 Å². The van der Waals surface area contributed by atoms with E-state index in [-0.39, 0.29) is 18.1 Å². The largest absolute Gasteiger partial charge is 0.397 e. The van der Waals surface area contributed by atoms with Gasteiger partial charge in [0, 0.05) is 10.8 Å². The topological polar surface area (TPSA) is 134 Å². The SMILES string of the molecule is CCOP(=O)(OCC)C(C)(C)Nc1c(N)ccc2c(S(N)(=O)=O)cccc12. The number of nitrogens with two attached hydrogens (primary N) is 2. The summed E-state index contributed by atoms with van der Waals surface area (Å²) in [6.45, 7) is 7.24. The van der Waals surface area contributed by atoms with Crippen LogP contribution in [0.15, 0.2) is 35.2 Å². The second-order valence-electron chi connectivity index (χ2n) is 6.44. The van der Waals surface area contributed by atoms with Crippen LogP contribution in [0.1, 0.15) is 27.7 Å². The minimum absolute atomic E-state index is 0.0151. The van der Waals surface area contributed by atoms with Crippen LogP contribution in [0.25, 0.3) is 10.8 Å². The van der Waals surface area contributed by atoms with E-state index < -0.39 is 22.9 Å². The third-order valence-corrected chi connectivity index (χ3v) is 7.72. The molecule has 0 aromatic heterocycles. The number of anilines is 2. The number of sulfonamides is 1. The van der Waals surface area contributed by atoms with Crippen molar-refractivity contribution in [3.8, 4) is 0 Å². The van der Waals surface area contributed by atoms with Crippen LogP contribution >= 0.6 is 7.60 Å². The maximum atomic E-state index is 13.2. The highest BCUT2D eigenvalue weighted by atomic mass is 32.2. The third kappa shape index (κ3) is 4.28. The Morgan fingerprint density at radius 1 is 1.07 bits per heavy atom. The summed E-state index contributed by atoms with van der Waals surface area (Å²) in [4.78, 5) is -0.0151. The Balaban J connectivity index is 2.65. The lowest BCUT2D eigenvalue weighted by molar-refractivity contribution is 0.204. The molecule has 0 atom stereocenters. The summed E-state index contributed by atoms with van der Waals surface area (Å²) in [7, 11) is -7.46. The molecule has 10 heteroatoms. The maximum Gasteiger partial charge on any atom is 0.355 e. The zero-order valence-corrected chi connectivity index (χ0v) is 17.6. The second kappa shape index (κ2) is 7.77. The van der Waals surface area contributed by atoms with Crippen molar-refractivity contribution >= 4 is 39.8 Å². The molecule has 2 aromatic carbocycles. The molecular weight excluding hydrogens is 389 g/mol. The highest BCUT2D eigenvalue weighted by Gasteiger charge is 2.44. The van der Waals surface area contributed by atoms with Crippen LogP contribution in [-0.4, -0.2) is 26.9 Å². The number of rotatable bonds is 8. The van der Waals surface area contributed by atoms with Gasteiger partial charge in [-0.3, -0.25) is 4.57 Å². The first-order chi connectivity index (χ1) is 12.5. The molecule has 0 radical (unpaired) electrons. The highest BCUT2D eigenvalue weighted by molar-refractivity contribution is 7.89. The molecule has 8 nitrogen and oxygen atoms in total. The molecule has 0 saturated carbocycles. The molecular formula is C17H26N3O5PS. The first-order valence-corrected chi connectivity index (χ1v) is 11.6. The quantitative estimate of drug-likeness (QED) is 0.444. The van der Waals surface area contributed by atoms with Gasteiger partial charge in [0.15, 0.2) is 0 Å². The molecule has 27 heavy (non-hydrogen) atoms. The predicted octanol–water partition coefficient (Wildman–Crippen LogP) is 3.48. The van der Waals surface area contributed by atoms with Crippen LogP contribution in [0.2, 0.25) is 0 Å². The van der Waals surface area contributed by atoms with Crippen molar-refractivity contribution in [2.24, 2.45) is 5.14 Å². The lowest BCUT2D eigenvalue weighted by atomic mass is 10.1. The normalized spacial score (nSPS) is 13.1. The van der Waals surface area contributed by atoms with Gasteiger partial charge in [-0.1, -0.05) is 18.2 Å². The molecule has 0 saturated heterocycles. The number of nitrogen functional groups attached to an aromatic ring is 1. The molecule has 0 fully saturated rings. The fraction of sp³-hybridized carbons (Fsp3) is 0.412. The molecule has 150 valence electrons. The van der Waals surface area contributed by atoms with Crippen molar-refractivity contribution in [2.45, 2.75) is 37.9 Å². The molecule has 0 amide bonds. The molecule has 0 heterocycles. The summed E-state index contributed by atoms with van der Waals surface area (Å²) in [6, 6.07) is 7.87. The summed E-state index contributed by atoms with van der Waals surface area (Å²) in [5.41, 5.74) is 6.93. The Hall–Kier alpha value is -1.64.